The van der Waals surface area contributed by atoms with Gasteiger partial charge in [-0.25, -0.2) is 13.1 Å². The average Bonchev–Trinajstić information content (AvgIpc) is 3.66. The van der Waals surface area contributed by atoms with Crippen LogP contribution in [0.3, 0.4) is 0 Å². The minimum absolute atomic E-state index is 0.0347. The molecule has 0 radical (unpaired) electrons. The van der Waals surface area contributed by atoms with E-state index in [1.165, 1.54) is 0 Å². The van der Waals surface area contributed by atoms with Gasteiger partial charge in [0.1, 0.15) is 0 Å². The first kappa shape index (κ1) is 30.3. The van der Waals surface area contributed by atoms with Crippen LogP contribution in [0.5, 0.6) is 0 Å². The summed E-state index contributed by atoms with van der Waals surface area (Å²) in [5.41, 5.74) is 0.561. The number of sulfonamides is 1. The molecule has 2 fully saturated rings. The van der Waals surface area contributed by atoms with E-state index < -0.39 is 38.2 Å². The minimum Gasteiger partial charge on any atom is -0.330 e. The van der Waals surface area contributed by atoms with Gasteiger partial charge >= 0.3 is 0 Å². The van der Waals surface area contributed by atoms with Crippen LogP contribution in [0.25, 0.3) is 0 Å². The van der Waals surface area contributed by atoms with E-state index >= 15 is 0 Å². The summed E-state index contributed by atoms with van der Waals surface area (Å²) in [6, 6.07) is 13.7. The first-order valence-corrected chi connectivity index (χ1v) is 15.6. The quantitative estimate of drug-likeness (QED) is 0.282. The van der Waals surface area contributed by atoms with E-state index in [4.69, 9.17) is 28.5 Å². The first-order chi connectivity index (χ1) is 18.8. The summed E-state index contributed by atoms with van der Waals surface area (Å²) in [6.07, 6.45) is 3.43. The second kappa shape index (κ2) is 11.7. The van der Waals surface area contributed by atoms with Crippen LogP contribution in [0.15, 0.2) is 48.5 Å². The van der Waals surface area contributed by atoms with Crippen LogP contribution < -0.4 is 10.0 Å². The lowest BCUT2D eigenvalue weighted by Gasteiger charge is -2.52. The van der Waals surface area contributed by atoms with Crippen molar-refractivity contribution in [3.05, 3.63) is 69.7 Å². The molecule has 1 aliphatic carbocycles. The van der Waals surface area contributed by atoms with Gasteiger partial charge in [-0.1, -0.05) is 61.3 Å². The molecule has 4 atom stereocenters. The Hall–Kier alpha value is -2.64. The molecule has 2 N–H and O–H groups in total. The maximum atomic E-state index is 14.4. The largest absolute Gasteiger partial charge is 0.330 e. The number of nitrogens with one attached hydrogen (secondary N) is 2. The van der Waals surface area contributed by atoms with Crippen molar-refractivity contribution in [3.8, 4) is 6.19 Å². The van der Waals surface area contributed by atoms with E-state index in [9.17, 15) is 18.0 Å². The van der Waals surface area contributed by atoms with Gasteiger partial charge in [0.2, 0.25) is 21.8 Å². The summed E-state index contributed by atoms with van der Waals surface area (Å²) in [6.45, 7) is 5.40. The zero-order chi connectivity index (χ0) is 29.3. The van der Waals surface area contributed by atoms with Crippen LogP contribution in [0.1, 0.15) is 76.0 Å². The van der Waals surface area contributed by atoms with Crippen molar-refractivity contribution >= 4 is 45.0 Å². The normalized spacial score (nSPS) is 24.7. The number of benzene rings is 2. The topological polar surface area (TPSA) is 119 Å². The zero-order valence-electron chi connectivity index (χ0n) is 22.8. The molecule has 1 saturated heterocycles. The molecule has 40 heavy (non-hydrogen) atoms. The van der Waals surface area contributed by atoms with E-state index in [1.807, 2.05) is 37.3 Å². The van der Waals surface area contributed by atoms with Gasteiger partial charge in [-0.15, -0.1) is 0 Å². The standard InChI is InChI=1S/C29H34Cl2N4O4S/c1-4-23(17-34-40(38,39)29(3)12-13-29)35-26(19-8-10-21(30)11-9-19)24(20-6-5-7-22(31)14-20)15-28(2,27(35)37)16-25(36)33-18-32/h5-11,14,23-24,26,34H,4,12-13,15-17H2,1-3H3,(H,33,36). The fraction of sp³-hybridized carbons (Fsp3) is 0.483. The average molecular weight is 606 g/mol. The Labute approximate surface area is 246 Å². The lowest BCUT2D eigenvalue weighted by atomic mass is 9.67. The summed E-state index contributed by atoms with van der Waals surface area (Å²) < 4.78 is 28.0. The van der Waals surface area contributed by atoms with E-state index in [0.29, 0.717) is 35.7 Å². The van der Waals surface area contributed by atoms with Gasteiger partial charge in [0.05, 0.1) is 16.2 Å². The number of amides is 2. The maximum absolute atomic E-state index is 14.4. The van der Waals surface area contributed by atoms with Gasteiger partial charge in [0.15, 0.2) is 6.19 Å². The highest BCUT2D eigenvalue weighted by Crippen LogP contribution is 2.52. The van der Waals surface area contributed by atoms with Crippen molar-refractivity contribution in [1.29, 1.82) is 5.26 Å². The van der Waals surface area contributed by atoms with Gasteiger partial charge in [-0.05, 0) is 68.0 Å². The van der Waals surface area contributed by atoms with Gasteiger partial charge in [-0.3, -0.25) is 14.9 Å². The third kappa shape index (κ3) is 6.15. The lowest BCUT2D eigenvalue weighted by Crippen LogP contribution is -2.58. The molecule has 2 aromatic carbocycles. The number of nitrogens with zero attached hydrogens (tertiary/aromatic N) is 2. The highest BCUT2D eigenvalue weighted by molar-refractivity contribution is 7.91. The molecule has 0 bridgehead atoms. The Morgan fingerprint density at radius 2 is 1.80 bits per heavy atom. The number of carbonyl (C=O) groups is 2. The second-order valence-corrected chi connectivity index (χ2v) is 14.5. The molecule has 214 valence electrons. The molecule has 0 spiro atoms. The zero-order valence-corrected chi connectivity index (χ0v) is 25.1. The number of nitriles is 1. The number of rotatable bonds is 10. The SMILES string of the molecule is CCC(CNS(=O)(=O)C1(C)CC1)N1C(=O)C(C)(CC(=O)NC#N)CC(c2cccc(Cl)c2)C1c1ccc(Cl)cc1. The van der Waals surface area contributed by atoms with Gasteiger partial charge in [0, 0.05) is 35.0 Å². The van der Waals surface area contributed by atoms with Crippen LogP contribution >= 0.6 is 23.2 Å². The Balaban J connectivity index is 1.83. The van der Waals surface area contributed by atoms with Gasteiger partial charge < -0.3 is 4.90 Å². The number of hydrogen-bond donors (Lipinski definition) is 2. The number of halogens is 2. The Morgan fingerprint density at radius 1 is 1.12 bits per heavy atom. The third-order valence-electron chi connectivity index (χ3n) is 8.31. The fourth-order valence-corrected chi connectivity index (χ4v) is 7.40. The monoisotopic (exact) mass is 604 g/mol. The minimum atomic E-state index is -3.59. The highest BCUT2D eigenvalue weighted by atomic mass is 35.5. The first-order valence-electron chi connectivity index (χ1n) is 13.3. The molecule has 1 saturated carbocycles. The van der Waals surface area contributed by atoms with Crippen molar-refractivity contribution in [2.24, 2.45) is 5.41 Å². The molecule has 11 heteroatoms. The van der Waals surface area contributed by atoms with E-state index in [0.717, 1.165) is 11.1 Å². The molecule has 1 aliphatic heterocycles. The maximum Gasteiger partial charge on any atom is 0.234 e. The van der Waals surface area contributed by atoms with Crippen LogP contribution in [-0.2, 0) is 19.6 Å². The van der Waals surface area contributed by atoms with Crippen molar-refractivity contribution in [1.82, 2.24) is 14.9 Å². The predicted octanol–water partition coefficient (Wildman–Crippen LogP) is 5.29. The van der Waals surface area contributed by atoms with Crippen LogP contribution in [-0.4, -0.2) is 42.5 Å². The van der Waals surface area contributed by atoms with Crippen molar-refractivity contribution in [3.63, 3.8) is 0 Å². The molecule has 2 amide bonds. The summed E-state index contributed by atoms with van der Waals surface area (Å²) in [7, 11) is -3.59. The summed E-state index contributed by atoms with van der Waals surface area (Å²) >= 11 is 12.6. The van der Waals surface area contributed by atoms with Crippen molar-refractivity contribution < 1.29 is 18.0 Å². The number of hydrogen-bond acceptors (Lipinski definition) is 5. The summed E-state index contributed by atoms with van der Waals surface area (Å²) in [5.74, 6) is -1.12. The summed E-state index contributed by atoms with van der Waals surface area (Å²) in [4.78, 5) is 28.8. The van der Waals surface area contributed by atoms with Crippen LogP contribution in [0.2, 0.25) is 10.0 Å². The Morgan fingerprint density at radius 3 is 2.38 bits per heavy atom. The van der Waals surface area contributed by atoms with Crippen LogP contribution in [0, 0.1) is 16.9 Å². The summed E-state index contributed by atoms with van der Waals surface area (Å²) in [5, 5.41) is 12.3. The molecule has 0 aromatic heterocycles. The number of piperidine rings is 1. The molecule has 2 aliphatic rings. The number of likely N-dealkylation sites (tertiary alicyclic amines) is 1. The molecular weight excluding hydrogens is 571 g/mol. The predicted molar refractivity (Wildman–Crippen MR) is 155 cm³/mol. The molecular formula is C29H34Cl2N4O4S. The van der Waals surface area contributed by atoms with Gasteiger partial charge in [0.25, 0.3) is 0 Å². The molecule has 4 unspecified atom stereocenters. The van der Waals surface area contributed by atoms with E-state index in [-0.39, 0.29) is 24.8 Å². The molecule has 4 rings (SSSR count). The Kier molecular flexibility index (Phi) is 8.86. The van der Waals surface area contributed by atoms with Crippen molar-refractivity contribution in [2.75, 3.05) is 6.54 Å². The molecule has 8 nitrogen and oxygen atoms in total. The third-order valence-corrected chi connectivity index (χ3v) is 11.1. The number of carbonyl (C=O) groups excluding carboxylic acids is 2. The second-order valence-electron chi connectivity index (χ2n) is 11.3. The van der Waals surface area contributed by atoms with E-state index in [2.05, 4.69) is 10.0 Å². The van der Waals surface area contributed by atoms with E-state index in [1.54, 1.807) is 43.1 Å². The Bertz CT molecular complexity index is 1420. The molecule has 2 aromatic rings. The fourth-order valence-electron chi connectivity index (χ4n) is 5.67. The van der Waals surface area contributed by atoms with Crippen LogP contribution in [0.4, 0.5) is 0 Å². The molecule has 1 heterocycles. The lowest BCUT2D eigenvalue weighted by molar-refractivity contribution is -0.157. The highest BCUT2D eigenvalue weighted by Gasteiger charge is 2.53. The van der Waals surface area contributed by atoms with Crippen molar-refractivity contribution in [2.45, 2.75) is 75.6 Å². The van der Waals surface area contributed by atoms with Gasteiger partial charge in [-0.2, -0.15) is 5.26 Å². The smallest absolute Gasteiger partial charge is 0.234 e.